The zero-order valence-corrected chi connectivity index (χ0v) is 19.3. The first kappa shape index (κ1) is 23.1. The van der Waals surface area contributed by atoms with Crippen molar-refractivity contribution in [2.24, 2.45) is 5.92 Å². The van der Waals surface area contributed by atoms with E-state index in [2.05, 4.69) is 16.7 Å². The number of halogens is 1. The molecule has 0 unspecified atom stereocenters. The van der Waals surface area contributed by atoms with Gasteiger partial charge in [0.25, 0.3) is 0 Å². The van der Waals surface area contributed by atoms with Crippen LogP contribution in [0.15, 0.2) is 36.4 Å². The molecular formula is C27H30FN3O2. The smallest absolute Gasteiger partial charge is 0.223 e. The summed E-state index contributed by atoms with van der Waals surface area (Å²) in [6.45, 7) is 14.0. The van der Waals surface area contributed by atoms with Gasteiger partial charge in [-0.15, -0.1) is 0 Å². The van der Waals surface area contributed by atoms with Gasteiger partial charge in [-0.25, -0.2) is 9.24 Å². The number of Topliss-reactive ketones (excluding diaryl/α,β-unsaturated/α-hetero) is 1. The molecule has 2 aromatic rings. The standard InChI is InChI=1S/C27H30FN3O2/c1-18-16-30(9-10-31(18)27(33)11-20-7-8-20)17-23-13-24(28)12-22(19(23)2)15-26(32)21-5-4-6-25(14-21)29-3/h4-6,12-14,18,20H,7-11,15-17H2,1-2H3/t18-/m0/s1. The maximum Gasteiger partial charge on any atom is 0.223 e. The van der Waals surface area contributed by atoms with Crippen molar-refractivity contribution in [3.63, 3.8) is 0 Å². The number of benzene rings is 2. The molecule has 172 valence electrons. The van der Waals surface area contributed by atoms with E-state index in [1.54, 1.807) is 30.3 Å². The summed E-state index contributed by atoms with van der Waals surface area (Å²) in [5, 5.41) is 0. The Morgan fingerprint density at radius 1 is 1.15 bits per heavy atom. The Morgan fingerprint density at radius 2 is 1.91 bits per heavy atom. The highest BCUT2D eigenvalue weighted by Crippen LogP contribution is 2.33. The molecule has 2 fully saturated rings. The second-order valence-electron chi connectivity index (χ2n) is 9.43. The number of carbonyl (C=O) groups is 2. The molecular weight excluding hydrogens is 417 g/mol. The number of carbonyl (C=O) groups excluding carboxylic acids is 2. The molecule has 0 spiro atoms. The number of amides is 1. The molecule has 1 aliphatic heterocycles. The minimum Gasteiger partial charge on any atom is -0.337 e. The fourth-order valence-corrected chi connectivity index (χ4v) is 4.64. The fraction of sp³-hybridized carbons (Fsp3) is 0.444. The van der Waals surface area contributed by atoms with Crippen molar-refractivity contribution in [2.75, 3.05) is 19.6 Å². The highest BCUT2D eigenvalue weighted by molar-refractivity contribution is 5.98. The summed E-state index contributed by atoms with van der Waals surface area (Å²) in [6, 6.07) is 9.75. The number of hydrogen-bond acceptors (Lipinski definition) is 3. The van der Waals surface area contributed by atoms with E-state index in [4.69, 9.17) is 6.57 Å². The van der Waals surface area contributed by atoms with Crippen LogP contribution in [0, 0.1) is 25.2 Å². The van der Waals surface area contributed by atoms with Gasteiger partial charge in [0.05, 0.1) is 6.57 Å². The molecule has 0 radical (unpaired) electrons. The van der Waals surface area contributed by atoms with Crippen LogP contribution in [0.5, 0.6) is 0 Å². The van der Waals surface area contributed by atoms with Crippen LogP contribution in [0.25, 0.3) is 4.85 Å². The summed E-state index contributed by atoms with van der Waals surface area (Å²) in [7, 11) is 0. The van der Waals surface area contributed by atoms with Gasteiger partial charge in [0.2, 0.25) is 5.91 Å². The van der Waals surface area contributed by atoms with Crippen LogP contribution in [0.1, 0.15) is 53.2 Å². The van der Waals surface area contributed by atoms with Gasteiger partial charge in [0.15, 0.2) is 11.5 Å². The second kappa shape index (κ2) is 9.84. The molecule has 6 heteroatoms. The lowest BCUT2D eigenvalue weighted by atomic mass is 9.95. The number of nitrogens with zero attached hydrogens (tertiary/aromatic N) is 3. The summed E-state index contributed by atoms with van der Waals surface area (Å²) in [5.41, 5.74) is 3.36. The molecule has 1 saturated carbocycles. The maximum atomic E-state index is 14.5. The summed E-state index contributed by atoms with van der Waals surface area (Å²) in [4.78, 5) is 33.0. The topological polar surface area (TPSA) is 45.0 Å². The highest BCUT2D eigenvalue weighted by atomic mass is 19.1. The zero-order chi connectivity index (χ0) is 23.5. The minimum absolute atomic E-state index is 0.0951. The molecule has 33 heavy (non-hydrogen) atoms. The Hall–Kier alpha value is -3.04. The third-order valence-corrected chi connectivity index (χ3v) is 6.82. The third kappa shape index (κ3) is 5.66. The van der Waals surface area contributed by atoms with Crippen LogP contribution in [-0.2, 0) is 17.8 Å². The maximum absolute atomic E-state index is 14.5. The number of hydrogen-bond donors (Lipinski definition) is 0. The van der Waals surface area contributed by atoms with Crippen LogP contribution in [-0.4, -0.2) is 47.2 Å². The van der Waals surface area contributed by atoms with Gasteiger partial charge >= 0.3 is 0 Å². The summed E-state index contributed by atoms with van der Waals surface area (Å²) < 4.78 is 14.5. The van der Waals surface area contributed by atoms with Crippen molar-refractivity contribution < 1.29 is 14.0 Å². The van der Waals surface area contributed by atoms with Gasteiger partial charge in [0.1, 0.15) is 5.82 Å². The third-order valence-electron chi connectivity index (χ3n) is 6.82. The van der Waals surface area contributed by atoms with Crippen molar-refractivity contribution >= 4 is 17.4 Å². The van der Waals surface area contributed by atoms with E-state index in [1.165, 1.54) is 18.9 Å². The van der Waals surface area contributed by atoms with E-state index in [0.29, 0.717) is 42.2 Å². The van der Waals surface area contributed by atoms with Crippen molar-refractivity contribution in [2.45, 2.75) is 52.1 Å². The van der Waals surface area contributed by atoms with Gasteiger partial charge in [-0.05, 0) is 67.5 Å². The van der Waals surface area contributed by atoms with Gasteiger partial charge in [0, 0.05) is 50.6 Å². The molecule has 4 rings (SSSR count). The number of piperazine rings is 1. The molecule has 1 heterocycles. The van der Waals surface area contributed by atoms with Gasteiger partial charge in [-0.3, -0.25) is 14.5 Å². The molecule has 1 atom stereocenters. The highest BCUT2D eigenvalue weighted by Gasteiger charge is 2.32. The second-order valence-corrected chi connectivity index (χ2v) is 9.43. The van der Waals surface area contributed by atoms with E-state index in [1.807, 2.05) is 11.8 Å². The number of rotatable bonds is 7. The van der Waals surface area contributed by atoms with Crippen molar-refractivity contribution in [3.05, 3.63) is 75.9 Å². The summed E-state index contributed by atoms with van der Waals surface area (Å²) in [6.07, 6.45) is 3.12. The summed E-state index contributed by atoms with van der Waals surface area (Å²) >= 11 is 0. The van der Waals surface area contributed by atoms with Crippen LogP contribution >= 0.6 is 0 Å². The molecule has 1 amide bonds. The average Bonchev–Trinajstić information content (AvgIpc) is 3.61. The van der Waals surface area contributed by atoms with E-state index in [-0.39, 0.29) is 30.0 Å². The lowest BCUT2D eigenvalue weighted by Crippen LogP contribution is -2.53. The Bertz CT molecular complexity index is 1100. The van der Waals surface area contributed by atoms with Gasteiger partial charge in [-0.2, -0.15) is 0 Å². The van der Waals surface area contributed by atoms with Crippen molar-refractivity contribution in [1.29, 1.82) is 0 Å². The Labute approximate surface area is 195 Å². The molecule has 5 nitrogen and oxygen atoms in total. The van der Waals surface area contributed by atoms with Crippen molar-refractivity contribution in [1.82, 2.24) is 9.80 Å². The normalized spacial score (nSPS) is 18.7. The quantitative estimate of drug-likeness (QED) is 0.446. The number of ketones is 1. The van der Waals surface area contributed by atoms with E-state index in [9.17, 15) is 14.0 Å². The van der Waals surface area contributed by atoms with Gasteiger partial charge in [-0.1, -0.05) is 18.2 Å². The van der Waals surface area contributed by atoms with E-state index >= 15 is 0 Å². The Morgan fingerprint density at radius 3 is 2.61 bits per heavy atom. The van der Waals surface area contributed by atoms with Crippen LogP contribution in [0.3, 0.4) is 0 Å². The molecule has 0 N–H and O–H groups in total. The van der Waals surface area contributed by atoms with Crippen LogP contribution in [0.2, 0.25) is 0 Å². The van der Waals surface area contributed by atoms with Gasteiger partial charge < -0.3 is 4.90 Å². The van der Waals surface area contributed by atoms with Crippen LogP contribution < -0.4 is 0 Å². The Kier molecular flexibility index (Phi) is 6.90. The monoisotopic (exact) mass is 447 g/mol. The molecule has 2 aromatic carbocycles. The predicted octanol–water partition coefficient (Wildman–Crippen LogP) is 4.94. The lowest BCUT2D eigenvalue weighted by molar-refractivity contribution is -0.136. The fourth-order valence-electron chi connectivity index (χ4n) is 4.64. The largest absolute Gasteiger partial charge is 0.337 e. The SMILES string of the molecule is [C-]#[N+]c1cccc(C(=O)Cc2cc(F)cc(CN3CCN(C(=O)CC4CC4)[C@@H](C)C3)c2C)c1. The van der Waals surface area contributed by atoms with E-state index < -0.39 is 0 Å². The average molecular weight is 448 g/mol. The first-order chi connectivity index (χ1) is 15.8. The summed E-state index contributed by atoms with van der Waals surface area (Å²) in [5.74, 6) is 0.369. The molecule has 0 bridgehead atoms. The Balaban J connectivity index is 1.43. The van der Waals surface area contributed by atoms with E-state index in [0.717, 1.165) is 24.2 Å². The van der Waals surface area contributed by atoms with Crippen LogP contribution in [0.4, 0.5) is 10.1 Å². The predicted molar refractivity (Wildman–Crippen MR) is 126 cm³/mol. The van der Waals surface area contributed by atoms with Crippen molar-refractivity contribution in [3.8, 4) is 0 Å². The first-order valence-corrected chi connectivity index (χ1v) is 11.6. The molecule has 1 saturated heterocycles. The zero-order valence-electron chi connectivity index (χ0n) is 19.3. The lowest BCUT2D eigenvalue weighted by Gasteiger charge is -2.40. The molecule has 2 aliphatic rings. The first-order valence-electron chi connectivity index (χ1n) is 11.6. The molecule has 1 aliphatic carbocycles. The minimum atomic E-state index is -0.348. The molecule has 0 aromatic heterocycles.